The third-order valence-electron chi connectivity index (χ3n) is 4.23. The molecule has 1 atom stereocenters. The maximum atomic E-state index is 5.76. The van der Waals surface area contributed by atoms with Gasteiger partial charge in [-0.1, -0.05) is 12.1 Å². The predicted molar refractivity (Wildman–Crippen MR) is 88.6 cm³/mol. The third kappa shape index (κ3) is 2.88. The summed E-state index contributed by atoms with van der Waals surface area (Å²) in [6.07, 6.45) is 1.94. The summed E-state index contributed by atoms with van der Waals surface area (Å²) in [5.74, 6) is 1.58. The average molecular weight is 298 g/mol. The lowest BCUT2D eigenvalue weighted by Crippen LogP contribution is -2.31. The molecule has 3 rings (SSSR count). The van der Waals surface area contributed by atoms with Gasteiger partial charge >= 0.3 is 0 Å². The Bertz CT molecular complexity index is 653. The number of anilines is 1. The molecular weight excluding hydrogens is 276 g/mol. The molecule has 0 fully saturated rings. The molecule has 116 valence electrons. The molecule has 3 N–H and O–H groups in total. The van der Waals surface area contributed by atoms with Crippen molar-refractivity contribution in [2.75, 3.05) is 26.5 Å². The van der Waals surface area contributed by atoms with Crippen LogP contribution in [-0.4, -0.2) is 20.8 Å². The van der Waals surface area contributed by atoms with Crippen molar-refractivity contribution in [2.45, 2.75) is 18.9 Å². The smallest absolute Gasteiger partial charge is 0.161 e. The molecule has 0 amide bonds. The van der Waals surface area contributed by atoms with Crippen molar-refractivity contribution < 1.29 is 9.47 Å². The van der Waals surface area contributed by atoms with Gasteiger partial charge in [-0.05, 0) is 60.3 Å². The number of hydrogen-bond acceptors (Lipinski definition) is 4. The number of benzene rings is 2. The van der Waals surface area contributed by atoms with Crippen molar-refractivity contribution in [3.63, 3.8) is 0 Å². The van der Waals surface area contributed by atoms with E-state index in [0.29, 0.717) is 0 Å². The van der Waals surface area contributed by atoms with E-state index in [-0.39, 0.29) is 6.04 Å². The lowest BCUT2D eigenvalue weighted by atomic mass is 9.90. The second-order valence-corrected chi connectivity index (χ2v) is 5.61. The van der Waals surface area contributed by atoms with Gasteiger partial charge in [-0.3, -0.25) is 0 Å². The molecule has 2 aromatic carbocycles. The quantitative estimate of drug-likeness (QED) is 0.852. The van der Waals surface area contributed by atoms with Gasteiger partial charge in [-0.25, -0.2) is 0 Å². The van der Waals surface area contributed by atoms with Crippen molar-refractivity contribution >= 4 is 5.69 Å². The fourth-order valence-corrected chi connectivity index (χ4v) is 3.04. The van der Waals surface area contributed by atoms with E-state index < -0.39 is 0 Å². The minimum atomic E-state index is 0.284. The first-order valence-electron chi connectivity index (χ1n) is 7.54. The molecule has 0 radical (unpaired) electrons. The minimum Gasteiger partial charge on any atom is -0.493 e. The normalized spacial score (nSPS) is 16.9. The van der Waals surface area contributed by atoms with Gasteiger partial charge in [0.2, 0.25) is 0 Å². The number of nitrogen functional groups attached to an aromatic ring is 1. The molecule has 22 heavy (non-hydrogen) atoms. The Morgan fingerprint density at radius 3 is 2.45 bits per heavy atom. The fourth-order valence-electron chi connectivity index (χ4n) is 3.04. The van der Waals surface area contributed by atoms with E-state index in [9.17, 15) is 0 Å². The fraction of sp³-hybridized carbons (Fsp3) is 0.333. The number of hydrogen-bond donors (Lipinski definition) is 2. The monoisotopic (exact) mass is 298 g/mol. The maximum absolute atomic E-state index is 5.76. The second kappa shape index (κ2) is 6.28. The molecule has 1 heterocycles. The van der Waals surface area contributed by atoms with E-state index in [0.717, 1.165) is 36.6 Å². The Morgan fingerprint density at radius 1 is 1.09 bits per heavy atom. The van der Waals surface area contributed by atoms with Crippen LogP contribution in [0.1, 0.15) is 22.7 Å². The van der Waals surface area contributed by atoms with Crippen LogP contribution in [0.4, 0.5) is 5.69 Å². The van der Waals surface area contributed by atoms with Crippen molar-refractivity contribution in [3.8, 4) is 11.5 Å². The molecule has 4 heteroatoms. The van der Waals surface area contributed by atoms with Gasteiger partial charge in [0.1, 0.15) is 0 Å². The van der Waals surface area contributed by atoms with Crippen LogP contribution in [0, 0.1) is 0 Å². The van der Waals surface area contributed by atoms with Gasteiger partial charge in [-0.2, -0.15) is 0 Å². The molecule has 2 aromatic rings. The minimum absolute atomic E-state index is 0.284. The zero-order valence-electron chi connectivity index (χ0n) is 13.1. The van der Waals surface area contributed by atoms with Gasteiger partial charge in [0.05, 0.1) is 14.2 Å². The summed E-state index contributed by atoms with van der Waals surface area (Å²) in [7, 11) is 3.35. The number of methoxy groups -OCH3 is 2. The van der Waals surface area contributed by atoms with Crippen molar-refractivity contribution in [1.82, 2.24) is 5.32 Å². The van der Waals surface area contributed by atoms with E-state index in [2.05, 4.69) is 29.6 Å². The van der Waals surface area contributed by atoms with E-state index in [1.165, 1.54) is 16.7 Å². The SMILES string of the molecule is COc1cc2c(cc1OC)C(Cc1ccc(N)cc1)NCC2. The van der Waals surface area contributed by atoms with Gasteiger partial charge in [0.15, 0.2) is 11.5 Å². The van der Waals surface area contributed by atoms with Crippen molar-refractivity contribution in [2.24, 2.45) is 0 Å². The molecule has 0 spiro atoms. The molecule has 0 saturated carbocycles. The van der Waals surface area contributed by atoms with E-state index >= 15 is 0 Å². The lowest BCUT2D eigenvalue weighted by molar-refractivity contribution is 0.352. The number of ether oxygens (including phenoxy) is 2. The number of fused-ring (bicyclic) bond motifs is 1. The van der Waals surface area contributed by atoms with Gasteiger partial charge in [-0.15, -0.1) is 0 Å². The van der Waals surface area contributed by atoms with E-state index in [4.69, 9.17) is 15.2 Å². The molecule has 0 aromatic heterocycles. The van der Waals surface area contributed by atoms with Crippen LogP contribution >= 0.6 is 0 Å². The van der Waals surface area contributed by atoms with Gasteiger partial charge in [0.25, 0.3) is 0 Å². The summed E-state index contributed by atoms with van der Waals surface area (Å²) in [5, 5.41) is 3.60. The largest absolute Gasteiger partial charge is 0.493 e. The Balaban J connectivity index is 1.91. The Morgan fingerprint density at radius 2 is 1.77 bits per heavy atom. The van der Waals surface area contributed by atoms with E-state index in [1.807, 2.05) is 12.1 Å². The summed E-state index contributed by atoms with van der Waals surface area (Å²) < 4.78 is 10.9. The first kappa shape index (κ1) is 14.7. The van der Waals surface area contributed by atoms with Crippen molar-refractivity contribution in [3.05, 3.63) is 53.1 Å². The predicted octanol–water partition coefficient (Wildman–Crippen LogP) is 2.72. The molecule has 1 unspecified atom stereocenters. The maximum Gasteiger partial charge on any atom is 0.161 e. The van der Waals surface area contributed by atoms with Gasteiger partial charge in [0, 0.05) is 11.7 Å². The highest BCUT2D eigenvalue weighted by atomic mass is 16.5. The molecule has 1 aliphatic heterocycles. The van der Waals surface area contributed by atoms with Crippen molar-refractivity contribution in [1.29, 1.82) is 0 Å². The number of rotatable bonds is 4. The summed E-state index contributed by atoms with van der Waals surface area (Å²) in [5.41, 5.74) is 10.5. The van der Waals surface area contributed by atoms with Crippen LogP contribution < -0.4 is 20.5 Å². The first-order valence-corrected chi connectivity index (χ1v) is 7.54. The van der Waals surface area contributed by atoms with Crippen LogP contribution in [0.2, 0.25) is 0 Å². The standard InChI is InChI=1S/C18H22N2O2/c1-21-17-10-13-7-8-20-16(15(13)11-18(17)22-2)9-12-3-5-14(19)6-4-12/h3-6,10-11,16,20H,7-9,19H2,1-2H3. The Labute approximate surface area is 131 Å². The van der Waals surface area contributed by atoms with Gasteiger partial charge < -0.3 is 20.5 Å². The van der Waals surface area contributed by atoms with Crippen LogP contribution in [0.5, 0.6) is 11.5 Å². The van der Waals surface area contributed by atoms with Crippen LogP contribution in [0.25, 0.3) is 0 Å². The highest BCUT2D eigenvalue weighted by Crippen LogP contribution is 2.36. The van der Waals surface area contributed by atoms with Crippen LogP contribution in [-0.2, 0) is 12.8 Å². The molecule has 1 aliphatic rings. The second-order valence-electron chi connectivity index (χ2n) is 5.61. The average Bonchev–Trinajstić information content (AvgIpc) is 2.56. The summed E-state index contributed by atoms with van der Waals surface area (Å²) in [4.78, 5) is 0. The van der Waals surface area contributed by atoms with Crippen LogP contribution in [0.3, 0.4) is 0 Å². The molecule has 4 nitrogen and oxygen atoms in total. The zero-order valence-corrected chi connectivity index (χ0v) is 13.1. The third-order valence-corrected chi connectivity index (χ3v) is 4.23. The highest BCUT2D eigenvalue weighted by Gasteiger charge is 2.22. The number of nitrogens with two attached hydrogens (primary N) is 1. The molecule has 0 bridgehead atoms. The molecule has 0 saturated heterocycles. The van der Waals surface area contributed by atoms with Crippen LogP contribution in [0.15, 0.2) is 36.4 Å². The Kier molecular flexibility index (Phi) is 4.20. The summed E-state index contributed by atoms with van der Waals surface area (Å²) in [6, 6.07) is 12.6. The first-order chi connectivity index (χ1) is 10.7. The Hall–Kier alpha value is -2.20. The zero-order chi connectivity index (χ0) is 15.5. The van der Waals surface area contributed by atoms with E-state index in [1.54, 1.807) is 14.2 Å². The summed E-state index contributed by atoms with van der Waals surface area (Å²) >= 11 is 0. The summed E-state index contributed by atoms with van der Waals surface area (Å²) in [6.45, 7) is 0.974. The topological polar surface area (TPSA) is 56.5 Å². The lowest BCUT2D eigenvalue weighted by Gasteiger charge is -2.28. The molecular formula is C18H22N2O2. The number of nitrogens with one attached hydrogen (secondary N) is 1. The highest BCUT2D eigenvalue weighted by molar-refractivity contribution is 5.50. The molecule has 0 aliphatic carbocycles.